The summed E-state index contributed by atoms with van der Waals surface area (Å²) in [6.45, 7) is 0.462. The quantitative estimate of drug-likeness (QED) is 0.473. The van der Waals surface area contributed by atoms with Crippen molar-refractivity contribution in [2.24, 2.45) is 34.8 Å². The molecular formula is C31H37ClFN3O2. The van der Waals surface area contributed by atoms with Crippen LogP contribution in [0.2, 0.25) is 5.02 Å². The molecule has 4 bridgehead atoms. The fraction of sp³-hybridized carbons (Fsp3) is 0.581. The highest BCUT2D eigenvalue weighted by atomic mass is 35.5. The normalized spacial score (nSPS) is 31.8. The highest BCUT2D eigenvalue weighted by Gasteiger charge is 2.59. The SMILES string of the molecule is NC(C(=O)NCC1(c2ccc(F)cc2Cl)CCCC1)C1C2CC3CC1CC(C(=O)Cc1ccncc1)(C3)C2. The van der Waals surface area contributed by atoms with E-state index in [2.05, 4.69) is 10.3 Å². The lowest BCUT2D eigenvalue weighted by atomic mass is 9.44. The Morgan fingerprint density at radius 2 is 1.76 bits per heavy atom. The summed E-state index contributed by atoms with van der Waals surface area (Å²) in [5, 5.41) is 3.61. The number of hydrogen-bond acceptors (Lipinski definition) is 4. The number of amides is 1. The monoisotopic (exact) mass is 537 g/mol. The van der Waals surface area contributed by atoms with Gasteiger partial charge in [0.2, 0.25) is 5.91 Å². The van der Waals surface area contributed by atoms with E-state index < -0.39 is 6.04 Å². The number of carbonyl (C=O) groups excluding carboxylic acids is 2. The molecule has 3 atom stereocenters. The second kappa shape index (κ2) is 10.0. The van der Waals surface area contributed by atoms with Crippen molar-refractivity contribution < 1.29 is 14.0 Å². The van der Waals surface area contributed by atoms with E-state index in [0.29, 0.717) is 41.5 Å². The first-order valence-corrected chi connectivity index (χ1v) is 14.6. The summed E-state index contributed by atoms with van der Waals surface area (Å²) in [6.07, 6.45) is 12.7. The molecular weight excluding hydrogens is 501 g/mol. The van der Waals surface area contributed by atoms with Crippen LogP contribution in [-0.2, 0) is 21.4 Å². The first-order chi connectivity index (χ1) is 18.3. The van der Waals surface area contributed by atoms with E-state index in [1.165, 1.54) is 12.1 Å². The van der Waals surface area contributed by atoms with Crippen LogP contribution in [-0.4, -0.2) is 29.3 Å². The number of ketones is 1. The van der Waals surface area contributed by atoms with Gasteiger partial charge in [-0.15, -0.1) is 0 Å². The van der Waals surface area contributed by atoms with E-state index in [1.54, 1.807) is 18.5 Å². The van der Waals surface area contributed by atoms with Gasteiger partial charge in [-0.05, 0) is 104 Å². The lowest BCUT2D eigenvalue weighted by Gasteiger charge is -2.60. The van der Waals surface area contributed by atoms with Crippen LogP contribution in [0.15, 0.2) is 42.7 Å². The number of rotatable bonds is 8. The summed E-state index contributed by atoms with van der Waals surface area (Å²) in [5.74, 6) is 1.19. The van der Waals surface area contributed by atoms with Crippen LogP contribution in [0.4, 0.5) is 4.39 Å². The first kappa shape index (κ1) is 25.9. The van der Waals surface area contributed by atoms with Gasteiger partial charge >= 0.3 is 0 Å². The second-order valence-corrected chi connectivity index (χ2v) is 13.0. The second-order valence-electron chi connectivity index (χ2n) is 12.6. The highest BCUT2D eigenvalue weighted by Crippen LogP contribution is 2.63. The number of nitrogens with one attached hydrogen (secondary N) is 1. The third-order valence-electron chi connectivity index (χ3n) is 10.4. The topological polar surface area (TPSA) is 85.1 Å². The lowest BCUT2D eigenvalue weighted by Crippen LogP contribution is -2.61. The molecule has 5 aliphatic carbocycles. The smallest absolute Gasteiger partial charge is 0.237 e. The number of halogens is 2. The van der Waals surface area contributed by atoms with Crippen LogP contribution in [0.5, 0.6) is 0 Å². The molecule has 0 radical (unpaired) electrons. The Morgan fingerprint density at radius 1 is 1.08 bits per heavy atom. The predicted molar refractivity (Wildman–Crippen MR) is 145 cm³/mol. The summed E-state index contributed by atoms with van der Waals surface area (Å²) >= 11 is 6.46. The number of carbonyl (C=O) groups is 2. The fourth-order valence-electron chi connectivity index (χ4n) is 8.93. The zero-order chi connectivity index (χ0) is 26.5. The largest absolute Gasteiger partial charge is 0.354 e. The number of benzene rings is 1. The molecule has 1 amide bonds. The van der Waals surface area contributed by atoms with Crippen molar-refractivity contribution in [1.82, 2.24) is 10.3 Å². The number of aromatic nitrogens is 1. The van der Waals surface area contributed by atoms with E-state index in [1.807, 2.05) is 12.1 Å². The first-order valence-electron chi connectivity index (χ1n) is 14.2. The molecule has 0 spiro atoms. The van der Waals surface area contributed by atoms with Gasteiger partial charge in [-0.2, -0.15) is 0 Å². The van der Waals surface area contributed by atoms with E-state index in [-0.39, 0.29) is 28.5 Å². The molecule has 2 aromatic rings. The third kappa shape index (κ3) is 4.58. The van der Waals surface area contributed by atoms with E-state index in [4.69, 9.17) is 17.3 Å². The van der Waals surface area contributed by atoms with Gasteiger partial charge in [0, 0.05) is 41.2 Å². The van der Waals surface area contributed by atoms with Crippen molar-refractivity contribution in [2.45, 2.75) is 75.7 Å². The van der Waals surface area contributed by atoms with Crippen molar-refractivity contribution in [3.63, 3.8) is 0 Å². The molecule has 1 aromatic heterocycles. The fourth-order valence-corrected chi connectivity index (χ4v) is 9.29. The standard InChI is InChI=1S/C31H37ClFN3O2/c32-25-14-23(33)3-4-24(25)30(7-1-2-8-30)18-36-29(38)28(34)27-21-11-20-12-22(27)17-31(15-20,16-21)26(37)13-19-5-9-35-10-6-19/h3-6,9-10,14,20-22,27-28H,1-2,7-8,11-13,15-18,34H2,(H,36,38). The van der Waals surface area contributed by atoms with Gasteiger partial charge in [0.15, 0.2) is 0 Å². The van der Waals surface area contributed by atoms with Crippen molar-refractivity contribution in [3.8, 4) is 0 Å². The van der Waals surface area contributed by atoms with Crippen molar-refractivity contribution in [1.29, 1.82) is 0 Å². The average molecular weight is 538 g/mol. The number of hydrogen-bond donors (Lipinski definition) is 2. The summed E-state index contributed by atoms with van der Waals surface area (Å²) in [7, 11) is 0. The Kier molecular flexibility index (Phi) is 6.84. The van der Waals surface area contributed by atoms with Gasteiger partial charge in [0.1, 0.15) is 11.6 Å². The van der Waals surface area contributed by atoms with Gasteiger partial charge in [0.05, 0.1) is 6.04 Å². The Hall–Kier alpha value is -2.31. The van der Waals surface area contributed by atoms with Crippen molar-refractivity contribution in [2.75, 3.05) is 6.54 Å². The summed E-state index contributed by atoms with van der Waals surface area (Å²) in [6, 6.07) is 7.87. The Bertz CT molecular complexity index is 1200. The minimum Gasteiger partial charge on any atom is -0.354 e. The Labute approximate surface area is 229 Å². The van der Waals surface area contributed by atoms with E-state index >= 15 is 0 Å². The number of Topliss-reactive ketones (excluding diaryl/α,β-unsaturated/α-hetero) is 1. The van der Waals surface area contributed by atoms with Crippen molar-refractivity contribution in [3.05, 3.63) is 64.7 Å². The molecule has 0 aliphatic heterocycles. The van der Waals surface area contributed by atoms with Gasteiger partial charge in [-0.3, -0.25) is 14.6 Å². The van der Waals surface area contributed by atoms with Gasteiger partial charge in [0.25, 0.3) is 0 Å². The number of nitrogens with two attached hydrogens (primary N) is 1. The zero-order valence-electron chi connectivity index (χ0n) is 21.8. The van der Waals surface area contributed by atoms with Gasteiger partial charge in [-0.25, -0.2) is 4.39 Å². The molecule has 1 heterocycles. The van der Waals surface area contributed by atoms with Gasteiger partial charge < -0.3 is 11.1 Å². The summed E-state index contributed by atoms with van der Waals surface area (Å²) in [4.78, 5) is 31.1. The molecule has 5 saturated carbocycles. The third-order valence-corrected chi connectivity index (χ3v) is 10.7. The molecule has 202 valence electrons. The summed E-state index contributed by atoms with van der Waals surface area (Å²) in [5.41, 5.74) is 8.11. The van der Waals surface area contributed by atoms with E-state index in [9.17, 15) is 14.0 Å². The predicted octanol–water partition coefficient (Wildman–Crippen LogP) is 5.38. The lowest BCUT2D eigenvalue weighted by molar-refractivity contribution is -0.153. The molecule has 3 N–H and O–H groups in total. The van der Waals surface area contributed by atoms with Crippen molar-refractivity contribution >= 4 is 23.3 Å². The highest BCUT2D eigenvalue weighted by molar-refractivity contribution is 6.31. The maximum atomic E-state index is 13.7. The maximum absolute atomic E-state index is 13.7. The number of nitrogens with zero attached hydrogens (tertiary/aromatic N) is 1. The Morgan fingerprint density at radius 3 is 2.42 bits per heavy atom. The van der Waals surface area contributed by atoms with Crippen LogP contribution in [0.25, 0.3) is 0 Å². The molecule has 7 heteroatoms. The molecule has 3 unspecified atom stereocenters. The average Bonchev–Trinajstić information content (AvgIpc) is 3.37. The molecule has 1 aromatic carbocycles. The zero-order valence-corrected chi connectivity index (χ0v) is 22.6. The van der Waals surface area contributed by atoms with Crippen LogP contribution in [0, 0.1) is 34.9 Å². The summed E-state index contributed by atoms with van der Waals surface area (Å²) < 4.78 is 13.7. The molecule has 7 rings (SSSR count). The minimum absolute atomic E-state index is 0.107. The molecule has 0 saturated heterocycles. The van der Waals surface area contributed by atoms with E-state index in [0.717, 1.165) is 68.9 Å². The van der Waals surface area contributed by atoms with Crippen LogP contribution in [0.3, 0.4) is 0 Å². The van der Waals surface area contributed by atoms with Gasteiger partial charge in [-0.1, -0.05) is 30.5 Å². The minimum atomic E-state index is -0.584. The molecule has 5 aliphatic rings. The molecule has 38 heavy (non-hydrogen) atoms. The molecule has 5 nitrogen and oxygen atoms in total. The maximum Gasteiger partial charge on any atom is 0.237 e. The molecule has 5 fully saturated rings. The van der Waals surface area contributed by atoms with Crippen LogP contribution < -0.4 is 11.1 Å². The Balaban J connectivity index is 1.14. The van der Waals surface area contributed by atoms with Crippen LogP contribution >= 0.6 is 11.6 Å². The van der Waals surface area contributed by atoms with Crippen LogP contribution in [0.1, 0.15) is 68.9 Å². The number of pyridine rings is 1.